The number of rotatable bonds is 13. The van der Waals surface area contributed by atoms with E-state index in [4.69, 9.17) is 20.9 Å². The molecule has 0 saturated carbocycles. The average molecular weight is 478 g/mol. The van der Waals surface area contributed by atoms with E-state index in [9.17, 15) is 9.59 Å². The molecule has 0 aliphatic heterocycles. The fraction of sp³-hybridized carbons (Fsp3) is 0.462. The molecule has 0 fully saturated rings. The Morgan fingerprint density at radius 3 is 2.06 bits per heavy atom. The Kier molecular flexibility index (Phi) is 14.5. The van der Waals surface area contributed by atoms with Gasteiger partial charge < -0.3 is 4.74 Å². The monoisotopic (exact) mass is 477 g/mol. The van der Waals surface area contributed by atoms with Gasteiger partial charge in [-0.25, -0.2) is 0 Å². The van der Waals surface area contributed by atoms with Crippen LogP contribution in [0.1, 0.15) is 85.7 Å². The summed E-state index contributed by atoms with van der Waals surface area (Å²) in [4.78, 5) is 26.2. The standard InChI is InChI=1S/C26H33ClO3.H2OP/c1-3-4-5-6-7-8-9-13-19-30-26(29)24(21-16-11-10-12-17-21)25(28)23-20(2)15-14-18-22(23)27;1-2/h10-12,14-18,24H,3-9,13,19H2,1-2H3;2H2/q;+1. The number of esters is 1. The van der Waals surface area contributed by atoms with Crippen molar-refractivity contribution in [2.24, 2.45) is 0 Å². The number of unbranched alkanes of at least 4 members (excludes halogenated alkanes) is 7. The Hall–Kier alpha value is -2.03. The lowest BCUT2D eigenvalue weighted by Crippen LogP contribution is -2.25. The SMILES string of the molecule is CCCCCCCCCCOC(=O)C(C(=O)c1c(C)cccc1Cl)c1ccccc1.O=[PH2+]. The summed E-state index contributed by atoms with van der Waals surface area (Å²) in [7, 11) is 1.17. The van der Waals surface area contributed by atoms with Gasteiger partial charge in [-0.15, -0.1) is 0 Å². The number of hydrogen-bond acceptors (Lipinski definition) is 4. The first kappa shape index (κ1) is 28.0. The Balaban J connectivity index is 0.00000249. The van der Waals surface area contributed by atoms with Crippen LogP contribution in [0.25, 0.3) is 0 Å². The second kappa shape index (κ2) is 16.6. The third-order valence-corrected chi connectivity index (χ3v) is 5.66. The van der Waals surface area contributed by atoms with Crippen LogP contribution in [0.4, 0.5) is 0 Å². The summed E-state index contributed by atoms with van der Waals surface area (Å²) in [6, 6.07) is 14.4. The van der Waals surface area contributed by atoms with Crippen molar-refractivity contribution in [3.05, 3.63) is 70.2 Å². The number of ketones is 1. The molecule has 0 radical (unpaired) electrons. The molecule has 0 bridgehead atoms. The number of halogens is 1. The van der Waals surface area contributed by atoms with Gasteiger partial charge in [0.2, 0.25) is 0 Å². The summed E-state index contributed by atoms with van der Waals surface area (Å²) in [6.07, 6.45) is 9.37. The quantitative estimate of drug-likeness (QED) is 0.0984. The minimum atomic E-state index is -1.00. The lowest BCUT2D eigenvalue weighted by atomic mass is 9.89. The first-order valence-electron chi connectivity index (χ1n) is 11.3. The lowest BCUT2D eigenvalue weighted by molar-refractivity contribution is -0.144. The summed E-state index contributed by atoms with van der Waals surface area (Å²) in [6.45, 7) is 4.38. The topological polar surface area (TPSA) is 60.4 Å². The molecule has 0 saturated heterocycles. The van der Waals surface area contributed by atoms with Gasteiger partial charge in [-0.2, -0.15) is 0 Å². The van der Waals surface area contributed by atoms with E-state index in [1.807, 2.05) is 31.2 Å². The smallest absolute Gasteiger partial charge is 0.321 e. The van der Waals surface area contributed by atoms with Gasteiger partial charge in [-0.3, -0.25) is 9.59 Å². The first-order valence-corrected chi connectivity index (χ1v) is 12.2. The molecule has 0 aromatic heterocycles. The highest BCUT2D eigenvalue weighted by atomic mass is 35.5. The maximum absolute atomic E-state index is 13.3. The summed E-state index contributed by atoms with van der Waals surface area (Å²) in [5.74, 6) is -1.82. The molecule has 2 aromatic carbocycles. The molecular weight excluding hydrogens is 443 g/mol. The van der Waals surface area contributed by atoms with Crippen LogP contribution < -0.4 is 0 Å². The van der Waals surface area contributed by atoms with Crippen LogP contribution in [-0.2, 0) is 14.1 Å². The molecule has 0 aliphatic carbocycles. The number of benzene rings is 2. The summed E-state index contributed by atoms with van der Waals surface area (Å²) in [5, 5.41) is 0.358. The van der Waals surface area contributed by atoms with Gasteiger partial charge in [0.15, 0.2) is 5.78 Å². The van der Waals surface area contributed by atoms with Crippen molar-refractivity contribution in [2.45, 2.75) is 71.1 Å². The fourth-order valence-electron chi connectivity index (χ4n) is 3.62. The first-order chi connectivity index (χ1) is 15.6. The average Bonchev–Trinajstić information content (AvgIpc) is 2.80. The molecule has 0 spiro atoms. The molecule has 0 aliphatic rings. The van der Waals surface area contributed by atoms with E-state index in [1.54, 1.807) is 24.3 Å². The number of aryl methyl sites for hydroxylation is 1. The molecule has 2 unspecified atom stereocenters. The van der Waals surface area contributed by atoms with E-state index in [1.165, 1.54) is 41.2 Å². The zero-order chi connectivity index (χ0) is 23.8. The van der Waals surface area contributed by atoms with E-state index in [0.29, 0.717) is 22.8 Å². The van der Waals surface area contributed by atoms with Gasteiger partial charge in [0.05, 0.1) is 11.6 Å². The summed E-state index contributed by atoms with van der Waals surface area (Å²) in [5.41, 5.74) is 1.77. The van der Waals surface area contributed by atoms with Crippen molar-refractivity contribution in [1.82, 2.24) is 0 Å². The number of ether oxygens (including phenoxy) is 1. The van der Waals surface area contributed by atoms with Gasteiger partial charge in [-0.1, -0.05) is 111 Å². The number of carbonyl (C=O) groups is 2. The Morgan fingerprint density at radius 1 is 0.875 bits per heavy atom. The van der Waals surface area contributed by atoms with Crippen molar-refractivity contribution in [1.29, 1.82) is 0 Å². The highest BCUT2D eigenvalue weighted by Crippen LogP contribution is 2.29. The Labute approximate surface area is 199 Å². The molecule has 0 N–H and O–H groups in total. The minimum Gasteiger partial charge on any atom is -0.465 e. The molecule has 174 valence electrons. The van der Waals surface area contributed by atoms with Gasteiger partial charge in [-0.05, 0) is 30.5 Å². The maximum Gasteiger partial charge on any atom is 0.321 e. The van der Waals surface area contributed by atoms with Crippen molar-refractivity contribution < 1.29 is 18.9 Å². The van der Waals surface area contributed by atoms with Gasteiger partial charge in [0.1, 0.15) is 5.92 Å². The third-order valence-electron chi connectivity index (χ3n) is 5.34. The Bertz CT molecular complexity index is 806. The number of carbonyl (C=O) groups excluding carboxylic acids is 2. The predicted molar refractivity (Wildman–Crippen MR) is 134 cm³/mol. The van der Waals surface area contributed by atoms with E-state index in [-0.39, 0.29) is 5.78 Å². The van der Waals surface area contributed by atoms with Crippen LogP contribution in [-0.4, -0.2) is 18.4 Å². The van der Waals surface area contributed by atoms with E-state index < -0.39 is 11.9 Å². The van der Waals surface area contributed by atoms with Gasteiger partial charge in [0.25, 0.3) is 0 Å². The third kappa shape index (κ3) is 9.22. The summed E-state index contributed by atoms with van der Waals surface area (Å²) < 4.78 is 13.7. The van der Waals surface area contributed by atoms with Crippen molar-refractivity contribution >= 4 is 32.5 Å². The molecule has 0 heterocycles. The van der Waals surface area contributed by atoms with Crippen molar-refractivity contribution in [3.8, 4) is 0 Å². The van der Waals surface area contributed by atoms with Crippen LogP contribution in [0.2, 0.25) is 5.02 Å². The van der Waals surface area contributed by atoms with Gasteiger partial charge >= 0.3 is 15.1 Å². The zero-order valence-electron chi connectivity index (χ0n) is 19.1. The predicted octanol–water partition coefficient (Wildman–Crippen LogP) is 7.51. The molecule has 32 heavy (non-hydrogen) atoms. The fourth-order valence-corrected chi connectivity index (χ4v) is 3.94. The van der Waals surface area contributed by atoms with Gasteiger partial charge in [0, 0.05) is 5.56 Å². The molecule has 2 aromatic rings. The number of Topliss-reactive ketones (excluding diaryl/α,β-unsaturated/α-hetero) is 1. The molecule has 6 heteroatoms. The van der Waals surface area contributed by atoms with Crippen LogP contribution in [0.15, 0.2) is 48.5 Å². The van der Waals surface area contributed by atoms with E-state index >= 15 is 0 Å². The Morgan fingerprint density at radius 2 is 1.47 bits per heavy atom. The highest BCUT2D eigenvalue weighted by Gasteiger charge is 2.32. The normalized spacial score (nSPS) is 11.2. The number of hydrogen-bond donors (Lipinski definition) is 0. The second-order valence-corrected chi connectivity index (χ2v) is 8.19. The van der Waals surface area contributed by atoms with E-state index in [0.717, 1.165) is 24.8 Å². The lowest BCUT2D eigenvalue weighted by Gasteiger charge is -2.17. The summed E-state index contributed by atoms with van der Waals surface area (Å²) >= 11 is 6.29. The van der Waals surface area contributed by atoms with Crippen LogP contribution in [0, 0.1) is 6.92 Å². The maximum atomic E-state index is 13.3. The molecule has 2 rings (SSSR count). The molecule has 2 atom stereocenters. The van der Waals surface area contributed by atoms with Crippen molar-refractivity contribution in [3.63, 3.8) is 0 Å². The second-order valence-electron chi connectivity index (χ2n) is 7.78. The van der Waals surface area contributed by atoms with Crippen LogP contribution in [0.5, 0.6) is 0 Å². The van der Waals surface area contributed by atoms with Crippen LogP contribution in [0.3, 0.4) is 0 Å². The zero-order valence-corrected chi connectivity index (χ0v) is 21.1. The minimum absolute atomic E-state index is 0.315. The van der Waals surface area contributed by atoms with E-state index in [2.05, 4.69) is 6.92 Å². The molecule has 4 nitrogen and oxygen atoms in total. The van der Waals surface area contributed by atoms with Crippen molar-refractivity contribution in [2.75, 3.05) is 6.61 Å². The molecular formula is C26H35ClO4P+. The largest absolute Gasteiger partial charge is 0.465 e. The molecule has 0 amide bonds. The van der Waals surface area contributed by atoms with Crippen LogP contribution >= 0.6 is 20.7 Å². The highest BCUT2D eigenvalue weighted by molar-refractivity contribution is 7.00.